The van der Waals surface area contributed by atoms with Crippen molar-refractivity contribution in [2.75, 3.05) is 26.2 Å². The molecule has 2 bridgehead atoms. The monoisotopic (exact) mass is 437 g/mol. The van der Waals surface area contributed by atoms with Crippen molar-refractivity contribution in [1.82, 2.24) is 26.4 Å². The Morgan fingerprint density at radius 2 is 2.03 bits per heavy atom. The van der Waals surface area contributed by atoms with E-state index >= 15 is 0 Å². The SMILES string of the molecule is O=C(COc1ccc(Cl)c(F)c1)NC12CC(NC(=O)C3CNC4CCNN4C3)(C1)C2. The van der Waals surface area contributed by atoms with Crippen molar-refractivity contribution < 1.29 is 18.7 Å². The number of nitrogens with zero attached hydrogens (tertiary/aromatic N) is 1. The molecule has 4 N–H and O–H groups in total. The number of carbonyl (C=O) groups is 2. The summed E-state index contributed by atoms with van der Waals surface area (Å²) in [7, 11) is 0. The van der Waals surface area contributed by atoms with Crippen LogP contribution in [0.1, 0.15) is 25.7 Å². The first-order valence-corrected chi connectivity index (χ1v) is 10.7. The third-order valence-electron chi connectivity index (χ3n) is 6.58. The number of rotatable bonds is 6. The largest absolute Gasteiger partial charge is 0.484 e. The number of hydrogen-bond donors (Lipinski definition) is 4. The highest BCUT2D eigenvalue weighted by molar-refractivity contribution is 6.30. The summed E-state index contributed by atoms with van der Waals surface area (Å²) in [5, 5.41) is 11.7. The second-order valence-corrected chi connectivity index (χ2v) is 9.37. The molecule has 3 saturated carbocycles. The van der Waals surface area contributed by atoms with Gasteiger partial charge >= 0.3 is 0 Å². The fourth-order valence-electron chi connectivity index (χ4n) is 5.23. The van der Waals surface area contributed by atoms with Gasteiger partial charge in [-0.05, 0) is 37.8 Å². The second-order valence-electron chi connectivity index (χ2n) is 8.96. The maximum absolute atomic E-state index is 13.4. The summed E-state index contributed by atoms with van der Waals surface area (Å²) in [5.41, 5.74) is 2.85. The van der Waals surface area contributed by atoms with Gasteiger partial charge in [-0.1, -0.05) is 11.6 Å². The van der Waals surface area contributed by atoms with Gasteiger partial charge in [0.1, 0.15) is 11.6 Å². The molecule has 2 saturated heterocycles. The van der Waals surface area contributed by atoms with E-state index in [0.717, 1.165) is 38.3 Å². The van der Waals surface area contributed by atoms with Gasteiger partial charge < -0.3 is 15.4 Å². The Balaban J connectivity index is 1.05. The second kappa shape index (κ2) is 7.33. The van der Waals surface area contributed by atoms with E-state index in [4.69, 9.17) is 16.3 Å². The van der Waals surface area contributed by atoms with Gasteiger partial charge in [-0.2, -0.15) is 0 Å². The van der Waals surface area contributed by atoms with Crippen LogP contribution in [0.4, 0.5) is 4.39 Å². The maximum Gasteiger partial charge on any atom is 0.258 e. The Morgan fingerprint density at radius 1 is 1.27 bits per heavy atom. The highest BCUT2D eigenvalue weighted by Gasteiger charge is 2.69. The Morgan fingerprint density at radius 3 is 2.80 bits per heavy atom. The summed E-state index contributed by atoms with van der Waals surface area (Å²) >= 11 is 5.64. The number of carbonyl (C=O) groups excluding carboxylic acids is 2. The first-order chi connectivity index (χ1) is 14.4. The average molecular weight is 438 g/mol. The third kappa shape index (κ3) is 3.64. The van der Waals surface area contributed by atoms with E-state index in [2.05, 4.69) is 26.4 Å². The van der Waals surface area contributed by atoms with E-state index in [1.54, 1.807) is 0 Å². The Labute approximate surface area is 178 Å². The number of halogens is 2. The Hall–Kier alpha value is -1.94. The van der Waals surface area contributed by atoms with E-state index in [9.17, 15) is 14.0 Å². The van der Waals surface area contributed by atoms with Crippen LogP contribution in [0.5, 0.6) is 5.75 Å². The molecule has 8 nitrogen and oxygen atoms in total. The summed E-state index contributed by atoms with van der Waals surface area (Å²) in [6.45, 7) is 2.15. The van der Waals surface area contributed by atoms with E-state index in [-0.39, 0.29) is 46.2 Å². The zero-order chi connectivity index (χ0) is 20.9. The lowest BCUT2D eigenvalue weighted by molar-refractivity contribution is -0.153. The Kier molecular flexibility index (Phi) is 4.89. The standard InChI is InChI=1S/C20H25ClFN5O3/c21-14-2-1-13(5-15(14)22)30-8-17(28)25-19-9-20(10-19,11-19)26-18(29)12-6-23-16-3-4-24-27(16)7-12/h1-2,5,12,16,23-24H,3-4,6-11H2,(H,25,28)(H,26,29). The predicted octanol–water partition coefficient (Wildman–Crippen LogP) is 0.521. The van der Waals surface area contributed by atoms with E-state index in [1.807, 2.05) is 0 Å². The summed E-state index contributed by atoms with van der Waals surface area (Å²) in [6, 6.07) is 4.06. The van der Waals surface area contributed by atoms with Gasteiger partial charge in [0.2, 0.25) is 5.91 Å². The quantitative estimate of drug-likeness (QED) is 0.518. The first kappa shape index (κ1) is 20.0. The molecule has 1 aromatic rings. The normalized spacial score (nSPS) is 34.3. The third-order valence-corrected chi connectivity index (χ3v) is 6.89. The zero-order valence-electron chi connectivity index (χ0n) is 16.5. The maximum atomic E-state index is 13.4. The van der Waals surface area contributed by atoms with Crippen molar-refractivity contribution in [3.05, 3.63) is 29.0 Å². The van der Waals surface area contributed by atoms with Crippen LogP contribution in [-0.2, 0) is 9.59 Å². The molecule has 2 aliphatic heterocycles. The smallest absolute Gasteiger partial charge is 0.258 e. The van der Waals surface area contributed by atoms with Crippen molar-refractivity contribution in [3.63, 3.8) is 0 Å². The molecule has 0 spiro atoms. The van der Waals surface area contributed by atoms with Crippen LogP contribution < -0.4 is 26.1 Å². The molecule has 1 aromatic carbocycles. The summed E-state index contributed by atoms with van der Waals surface area (Å²) in [5.74, 6) is -0.602. The molecule has 2 amide bonds. The molecular formula is C20H25ClFN5O3. The van der Waals surface area contributed by atoms with Crippen molar-refractivity contribution in [3.8, 4) is 5.75 Å². The fraction of sp³-hybridized carbons (Fsp3) is 0.600. The molecule has 5 fully saturated rings. The van der Waals surface area contributed by atoms with Crippen molar-refractivity contribution >= 4 is 23.4 Å². The van der Waals surface area contributed by atoms with Gasteiger partial charge in [-0.25, -0.2) is 9.40 Å². The van der Waals surface area contributed by atoms with Gasteiger partial charge in [0, 0.05) is 36.8 Å². The summed E-state index contributed by atoms with van der Waals surface area (Å²) < 4.78 is 18.8. The lowest BCUT2D eigenvalue weighted by Crippen LogP contribution is -2.84. The predicted molar refractivity (Wildman–Crippen MR) is 107 cm³/mol. The van der Waals surface area contributed by atoms with Crippen LogP contribution in [0.2, 0.25) is 5.02 Å². The van der Waals surface area contributed by atoms with Crippen molar-refractivity contribution in [2.24, 2.45) is 5.92 Å². The van der Waals surface area contributed by atoms with Crippen LogP contribution in [0, 0.1) is 11.7 Å². The van der Waals surface area contributed by atoms with Crippen LogP contribution in [0.25, 0.3) is 0 Å². The number of benzene rings is 1. The van der Waals surface area contributed by atoms with Crippen LogP contribution in [0.3, 0.4) is 0 Å². The molecule has 0 aromatic heterocycles. The molecule has 2 unspecified atom stereocenters. The number of hydrogen-bond acceptors (Lipinski definition) is 6. The van der Waals surface area contributed by atoms with E-state index in [1.165, 1.54) is 12.1 Å². The molecule has 162 valence electrons. The number of fused-ring (bicyclic) bond motifs is 1. The zero-order valence-corrected chi connectivity index (χ0v) is 17.2. The lowest BCUT2D eigenvalue weighted by Gasteiger charge is -2.70. The van der Waals surface area contributed by atoms with Gasteiger partial charge in [0.05, 0.1) is 17.1 Å². The first-order valence-electron chi connectivity index (χ1n) is 10.3. The number of nitrogens with one attached hydrogen (secondary N) is 4. The van der Waals surface area contributed by atoms with Crippen molar-refractivity contribution in [1.29, 1.82) is 0 Å². The van der Waals surface area contributed by atoms with Gasteiger partial charge in [0.25, 0.3) is 5.91 Å². The molecule has 5 aliphatic rings. The molecule has 10 heteroatoms. The van der Waals surface area contributed by atoms with Gasteiger partial charge in [-0.3, -0.25) is 20.3 Å². The minimum absolute atomic E-state index is 0.00790. The molecule has 2 heterocycles. The molecule has 3 aliphatic carbocycles. The number of hydrazine groups is 1. The highest BCUT2D eigenvalue weighted by atomic mass is 35.5. The lowest BCUT2D eigenvalue weighted by atomic mass is 9.44. The van der Waals surface area contributed by atoms with Crippen LogP contribution in [0.15, 0.2) is 18.2 Å². The minimum Gasteiger partial charge on any atom is -0.484 e. The van der Waals surface area contributed by atoms with Crippen LogP contribution in [-0.4, -0.2) is 60.3 Å². The average Bonchev–Trinajstić information content (AvgIpc) is 3.14. The Bertz CT molecular complexity index is 864. The molecule has 0 radical (unpaired) electrons. The van der Waals surface area contributed by atoms with Crippen LogP contribution >= 0.6 is 11.6 Å². The fourth-order valence-corrected chi connectivity index (χ4v) is 5.35. The highest BCUT2D eigenvalue weighted by Crippen LogP contribution is 2.60. The van der Waals surface area contributed by atoms with E-state index in [0.29, 0.717) is 19.3 Å². The molecular weight excluding hydrogens is 413 g/mol. The van der Waals surface area contributed by atoms with Gasteiger partial charge in [-0.15, -0.1) is 0 Å². The number of amides is 2. The topological polar surface area (TPSA) is 94.7 Å². The summed E-state index contributed by atoms with van der Waals surface area (Å²) in [6.07, 6.45) is 3.58. The molecule has 6 rings (SSSR count). The molecule has 30 heavy (non-hydrogen) atoms. The number of ether oxygens (including phenoxy) is 1. The van der Waals surface area contributed by atoms with Crippen molar-refractivity contribution in [2.45, 2.75) is 42.9 Å². The van der Waals surface area contributed by atoms with Gasteiger partial charge in [0.15, 0.2) is 6.61 Å². The summed E-state index contributed by atoms with van der Waals surface area (Å²) in [4.78, 5) is 24.9. The molecule has 2 atom stereocenters. The van der Waals surface area contributed by atoms with E-state index < -0.39 is 5.82 Å². The minimum atomic E-state index is -0.587.